The number of benzene rings is 3. The molecule has 1 aliphatic rings. The molecule has 0 bridgehead atoms. The quantitative estimate of drug-likeness (QED) is 0.0966. The molecule has 0 spiro atoms. The number of unbranched alkanes of at least 4 members (excludes halogenated alkanes) is 3. The second-order valence-corrected chi connectivity index (χ2v) is 10.4. The molecule has 206 valence electrons. The molecule has 4 rings (SSSR count). The third-order valence-corrected chi connectivity index (χ3v) is 7.63. The fourth-order valence-corrected chi connectivity index (χ4v) is 5.34. The van der Waals surface area contributed by atoms with Gasteiger partial charge in [0.1, 0.15) is 0 Å². The van der Waals surface area contributed by atoms with Gasteiger partial charge in [0.2, 0.25) is 11.8 Å². The number of ether oxygens (including phenoxy) is 2. The summed E-state index contributed by atoms with van der Waals surface area (Å²) in [7, 11) is 0. The van der Waals surface area contributed by atoms with Crippen molar-refractivity contribution < 1.29 is 24.3 Å². The standard InChI is InChI=1S/C31H36N2O5S/c1-39-28-14-10-9-13-25(28)31-37-26(22-11-5-4-6-12-22)21-27(38-31)23-17-19-24(20-18-23)32-29(34)15-7-2-3-8-16-30(35)33-36/h4-6,9-14,17-20,26-27,31,36H,2-3,7-8,15-16,21H2,1H3,(H,32,34)(H,33,35). The Morgan fingerprint density at radius 3 is 2.03 bits per heavy atom. The normalized spacial score (nSPS) is 18.9. The molecule has 3 unspecified atom stereocenters. The molecular weight excluding hydrogens is 512 g/mol. The Labute approximate surface area is 234 Å². The van der Waals surface area contributed by atoms with Crippen LogP contribution >= 0.6 is 11.8 Å². The Kier molecular flexibility index (Phi) is 11.0. The number of hydrogen-bond acceptors (Lipinski definition) is 6. The highest BCUT2D eigenvalue weighted by atomic mass is 32.2. The van der Waals surface area contributed by atoms with Crippen molar-refractivity contribution in [3.8, 4) is 0 Å². The zero-order chi connectivity index (χ0) is 27.5. The van der Waals surface area contributed by atoms with Crippen LogP contribution in [0.4, 0.5) is 5.69 Å². The Bertz CT molecular complexity index is 1210. The van der Waals surface area contributed by atoms with E-state index in [1.807, 2.05) is 54.6 Å². The molecule has 2 amide bonds. The minimum absolute atomic E-state index is 0.0314. The molecule has 0 aliphatic carbocycles. The van der Waals surface area contributed by atoms with Gasteiger partial charge in [-0.05, 0) is 48.4 Å². The highest BCUT2D eigenvalue weighted by Gasteiger charge is 2.33. The molecule has 1 fully saturated rings. The molecule has 0 radical (unpaired) electrons. The number of amides is 2. The first-order chi connectivity index (χ1) is 19.1. The summed E-state index contributed by atoms with van der Waals surface area (Å²) in [6.45, 7) is 0. The summed E-state index contributed by atoms with van der Waals surface area (Å²) in [5, 5.41) is 11.5. The molecule has 1 aliphatic heterocycles. The van der Waals surface area contributed by atoms with Crippen LogP contribution in [0.2, 0.25) is 0 Å². The number of hydrogen-bond donors (Lipinski definition) is 3. The van der Waals surface area contributed by atoms with E-state index in [9.17, 15) is 9.59 Å². The van der Waals surface area contributed by atoms with Gasteiger partial charge in [-0.2, -0.15) is 0 Å². The summed E-state index contributed by atoms with van der Waals surface area (Å²) in [5.74, 6) is -0.408. The highest BCUT2D eigenvalue weighted by Crippen LogP contribution is 2.45. The van der Waals surface area contributed by atoms with Crippen LogP contribution in [0, 0.1) is 0 Å². The lowest BCUT2D eigenvalue weighted by Crippen LogP contribution is -2.25. The Morgan fingerprint density at radius 1 is 0.795 bits per heavy atom. The minimum atomic E-state index is -0.491. The van der Waals surface area contributed by atoms with Gasteiger partial charge in [0.25, 0.3) is 0 Å². The zero-order valence-corrected chi connectivity index (χ0v) is 23.0. The van der Waals surface area contributed by atoms with Crippen molar-refractivity contribution >= 4 is 29.3 Å². The molecule has 3 aromatic rings. The van der Waals surface area contributed by atoms with Crippen LogP contribution in [0.25, 0.3) is 0 Å². The van der Waals surface area contributed by atoms with Gasteiger partial charge >= 0.3 is 0 Å². The number of rotatable bonds is 12. The van der Waals surface area contributed by atoms with Crippen molar-refractivity contribution in [1.82, 2.24) is 5.48 Å². The van der Waals surface area contributed by atoms with Gasteiger partial charge in [-0.3, -0.25) is 14.8 Å². The van der Waals surface area contributed by atoms with Crippen molar-refractivity contribution in [2.24, 2.45) is 0 Å². The van der Waals surface area contributed by atoms with E-state index in [-0.39, 0.29) is 24.0 Å². The largest absolute Gasteiger partial charge is 0.340 e. The number of carbonyl (C=O) groups excluding carboxylic acids is 2. The van der Waals surface area contributed by atoms with Crippen molar-refractivity contribution in [3.63, 3.8) is 0 Å². The number of hydroxylamine groups is 1. The highest BCUT2D eigenvalue weighted by molar-refractivity contribution is 7.98. The van der Waals surface area contributed by atoms with Gasteiger partial charge in [-0.15, -0.1) is 11.8 Å². The lowest BCUT2D eigenvalue weighted by molar-refractivity contribution is -0.254. The minimum Gasteiger partial charge on any atom is -0.340 e. The van der Waals surface area contributed by atoms with E-state index >= 15 is 0 Å². The number of nitrogens with one attached hydrogen (secondary N) is 2. The SMILES string of the molecule is CSc1ccccc1C1OC(c2ccccc2)CC(c2ccc(NC(=O)CCCCCCC(=O)NO)cc2)O1. The fraction of sp³-hybridized carbons (Fsp3) is 0.355. The summed E-state index contributed by atoms with van der Waals surface area (Å²) >= 11 is 1.68. The second-order valence-electron chi connectivity index (χ2n) is 9.59. The van der Waals surface area contributed by atoms with Crippen molar-refractivity contribution in [2.45, 2.75) is 68.3 Å². The molecule has 0 saturated carbocycles. The van der Waals surface area contributed by atoms with Crippen LogP contribution in [0.15, 0.2) is 83.8 Å². The molecule has 3 atom stereocenters. The van der Waals surface area contributed by atoms with E-state index in [4.69, 9.17) is 14.7 Å². The van der Waals surface area contributed by atoms with Crippen LogP contribution in [-0.4, -0.2) is 23.3 Å². The van der Waals surface area contributed by atoms with E-state index in [1.54, 1.807) is 17.2 Å². The first-order valence-electron chi connectivity index (χ1n) is 13.4. The summed E-state index contributed by atoms with van der Waals surface area (Å²) in [6, 6.07) is 26.3. The Balaban J connectivity index is 1.37. The monoisotopic (exact) mass is 548 g/mol. The summed E-state index contributed by atoms with van der Waals surface area (Å²) in [4.78, 5) is 24.6. The van der Waals surface area contributed by atoms with E-state index in [0.717, 1.165) is 46.5 Å². The lowest BCUT2D eigenvalue weighted by atomic mass is 9.96. The van der Waals surface area contributed by atoms with Crippen molar-refractivity contribution in [1.29, 1.82) is 0 Å². The smallest absolute Gasteiger partial charge is 0.243 e. The second kappa shape index (κ2) is 14.8. The molecule has 39 heavy (non-hydrogen) atoms. The van der Waals surface area contributed by atoms with Gasteiger partial charge in [0, 0.05) is 35.4 Å². The molecule has 3 aromatic carbocycles. The van der Waals surface area contributed by atoms with Crippen LogP contribution in [0.3, 0.4) is 0 Å². The first-order valence-corrected chi connectivity index (χ1v) is 14.6. The van der Waals surface area contributed by atoms with Crippen LogP contribution in [0.5, 0.6) is 0 Å². The van der Waals surface area contributed by atoms with Crippen LogP contribution < -0.4 is 10.8 Å². The molecular formula is C31H36N2O5S. The third-order valence-electron chi connectivity index (χ3n) is 6.82. The maximum atomic E-state index is 12.4. The van der Waals surface area contributed by atoms with Gasteiger partial charge in [0.05, 0.1) is 12.2 Å². The maximum Gasteiger partial charge on any atom is 0.243 e. The van der Waals surface area contributed by atoms with Crippen molar-refractivity contribution in [3.05, 3.63) is 95.6 Å². The molecule has 0 aromatic heterocycles. The molecule has 8 heteroatoms. The number of thioether (sulfide) groups is 1. The maximum absolute atomic E-state index is 12.4. The van der Waals surface area contributed by atoms with Gasteiger partial charge in [0.15, 0.2) is 6.29 Å². The van der Waals surface area contributed by atoms with E-state index in [1.165, 1.54) is 0 Å². The predicted octanol–water partition coefficient (Wildman–Crippen LogP) is 7.11. The van der Waals surface area contributed by atoms with E-state index in [0.29, 0.717) is 25.7 Å². The topological polar surface area (TPSA) is 96.9 Å². The number of anilines is 1. The van der Waals surface area contributed by atoms with E-state index < -0.39 is 6.29 Å². The molecule has 7 nitrogen and oxygen atoms in total. The first kappa shape index (κ1) is 28.8. The van der Waals surface area contributed by atoms with Gasteiger partial charge in [-0.25, -0.2) is 5.48 Å². The predicted molar refractivity (Wildman–Crippen MR) is 152 cm³/mol. The van der Waals surface area contributed by atoms with E-state index in [2.05, 4.69) is 35.8 Å². The summed E-state index contributed by atoms with van der Waals surface area (Å²) in [6.07, 6.45) is 5.84. The third kappa shape index (κ3) is 8.41. The fourth-order valence-electron chi connectivity index (χ4n) is 4.73. The zero-order valence-electron chi connectivity index (χ0n) is 22.2. The summed E-state index contributed by atoms with van der Waals surface area (Å²) < 4.78 is 13.0. The number of carbonyl (C=O) groups is 2. The lowest BCUT2D eigenvalue weighted by Gasteiger charge is -2.37. The van der Waals surface area contributed by atoms with Crippen LogP contribution in [-0.2, 0) is 19.1 Å². The Hall–Kier alpha value is -3.17. The van der Waals surface area contributed by atoms with Gasteiger partial charge < -0.3 is 14.8 Å². The molecule has 1 heterocycles. The van der Waals surface area contributed by atoms with Crippen LogP contribution in [0.1, 0.15) is 80.1 Å². The van der Waals surface area contributed by atoms with Gasteiger partial charge in [-0.1, -0.05) is 73.5 Å². The summed E-state index contributed by atoms with van der Waals surface area (Å²) in [5.41, 5.74) is 5.57. The molecule has 1 saturated heterocycles. The average molecular weight is 549 g/mol. The molecule has 3 N–H and O–H groups in total. The van der Waals surface area contributed by atoms with Crippen molar-refractivity contribution in [2.75, 3.05) is 11.6 Å². The Morgan fingerprint density at radius 2 is 1.38 bits per heavy atom. The average Bonchev–Trinajstić information content (AvgIpc) is 2.99.